The first-order valence-corrected chi connectivity index (χ1v) is 9.70. The van der Waals surface area contributed by atoms with Crippen molar-refractivity contribution in [1.82, 2.24) is 0 Å². The Kier molecular flexibility index (Phi) is 3.65. The first-order valence-electron chi connectivity index (χ1n) is 9.70. The van der Waals surface area contributed by atoms with E-state index < -0.39 is 17.2 Å². The molecule has 5 heterocycles. The van der Waals surface area contributed by atoms with Crippen LogP contribution in [0, 0.1) is 5.92 Å². The predicted octanol–water partition coefficient (Wildman–Crippen LogP) is 2.88. The fourth-order valence-corrected chi connectivity index (χ4v) is 4.78. The van der Waals surface area contributed by atoms with E-state index in [2.05, 4.69) is 6.58 Å². The predicted molar refractivity (Wildman–Crippen MR) is 95.6 cm³/mol. The quantitative estimate of drug-likeness (QED) is 0.437. The molecule has 4 aliphatic rings. The summed E-state index contributed by atoms with van der Waals surface area (Å²) >= 11 is 0. The van der Waals surface area contributed by atoms with Gasteiger partial charge in [-0.05, 0) is 38.7 Å². The van der Waals surface area contributed by atoms with Gasteiger partial charge in [0.2, 0.25) is 0 Å². The molecule has 0 spiro atoms. The van der Waals surface area contributed by atoms with Gasteiger partial charge >= 0.3 is 11.9 Å². The van der Waals surface area contributed by atoms with Crippen molar-refractivity contribution in [2.24, 2.45) is 5.92 Å². The molecule has 5 rings (SSSR count). The minimum absolute atomic E-state index is 0.0424. The number of allylic oxidation sites excluding steroid dienone is 1. The van der Waals surface area contributed by atoms with Crippen LogP contribution < -0.4 is 0 Å². The van der Waals surface area contributed by atoms with Crippen LogP contribution in [0.5, 0.6) is 0 Å². The molecule has 0 amide bonds. The average molecular weight is 388 g/mol. The van der Waals surface area contributed by atoms with Gasteiger partial charge in [0.1, 0.15) is 41.0 Å². The van der Waals surface area contributed by atoms with Gasteiger partial charge < -0.3 is 23.4 Å². The van der Waals surface area contributed by atoms with E-state index in [1.54, 1.807) is 6.07 Å². The fraction of sp³-hybridized carbons (Fsp3) is 0.619. The van der Waals surface area contributed by atoms with E-state index >= 15 is 0 Å². The van der Waals surface area contributed by atoms with Gasteiger partial charge in [-0.1, -0.05) is 12.2 Å². The Morgan fingerprint density at radius 2 is 2.14 bits per heavy atom. The molecular weight excluding hydrogens is 364 g/mol. The highest BCUT2D eigenvalue weighted by Gasteiger charge is 2.74. The number of rotatable bonds is 2. The summed E-state index contributed by atoms with van der Waals surface area (Å²) in [5.74, 6) is 0.521. The maximum Gasteiger partial charge on any atom is 0.341 e. The second-order valence-electron chi connectivity index (χ2n) is 8.65. The zero-order chi connectivity index (χ0) is 19.8. The van der Waals surface area contributed by atoms with Crippen LogP contribution in [0.1, 0.15) is 61.1 Å². The molecule has 0 N–H and O–H groups in total. The molecule has 6 atom stereocenters. The number of hydrogen-bond acceptors (Lipinski definition) is 7. The smallest absolute Gasteiger partial charge is 0.341 e. The van der Waals surface area contributed by atoms with Crippen molar-refractivity contribution in [3.8, 4) is 0 Å². The monoisotopic (exact) mass is 388 g/mol. The highest BCUT2D eigenvalue weighted by molar-refractivity contribution is 5.90. The van der Waals surface area contributed by atoms with Crippen molar-refractivity contribution in [2.45, 2.75) is 69.0 Å². The molecule has 0 saturated carbocycles. The molecule has 7 nitrogen and oxygen atoms in total. The van der Waals surface area contributed by atoms with Crippen molar-refractivity contribution in [1.29, 1.82) is 0 Å². The third kappa shape index (κ3) is 2.49. The van der Waals surface area contributed by atoms with E-state index in [0.717, 1.165) is 5.57 Å². The number of ether oxygens (including phenoxy) is 4. The fourth-order valence-electron chi connectivity index (χ4n) is 4.78. The average Bonchev–Trinajstić information content (AvgIpc) is 3.46. The van der Waals surface area contributed by atoms with Gasteiger partial charge in [-0.3, -0.25) is 0 Å². The Bertz CT molecular complexity index is 885. The normalized spacial score (nSPS) is 40.8. The highest BCUT2D eigenvalue weighted by Crippen LogP contribution is 2.58. The summed E-state index contributed by atoms with van der Waals surface area (Å²) in [6, 6.07) is 1.72. The lowest BCUT2D eigenvalue weighted by Gasteiger charge is -2.18. The number of esters is 2. The van der Waals surface area contributed by atoms with Crippen molar-refractivity contribution >= 4 is 11.9 Å². The topological polar surface area (TPSA) is 90.8 Å². The van der Waals surface area contributed by atoms with Gasteiger partial charge in [0.05, 0.1) is 7.11 Å². The molecule has 4 aliphatic heterocycles. The van der Waals surface area contributed by atoms with Crippen molar-refractivity contribution in [3.05, 3.63) is 35.3 Å². The third-order valence-corrected chi connectivity index (χ3v) is 6.66. The number of furan rings is 1. The lowest BCUT2D eigenvalue weighted by Crippen LogP contribution is -2.24. The minimum atomic E-state index is -0.828. The molecule has 0 aliphatic carbocycles. The largest absolute Gasteiger partial charge is 0.465 e. The Morgan fingerprint density at radius 1 is 1.36 bits per heavy atom. The number of hydrogen-bond donors (Lipinski definition) is 0. The Labute approximate surface area is 162 Å². The lowest BCUT2D eigenvalue weighted by molar-refractivity contribution is -0.154. The lowest BCUT2D eigenvalue weighted by atomic mass is 9.85. The van der Waals surface area contributed by atoms with Crippen molar-refractivity contribution < 1.29 is 33.0 Å². The first-order chi connectivity index (χ1) is 13.3. The van der Waals surface area contributed by atoms with Gasteiger partial charge in [-0.15, -0.1) is 0 Å². The van der Waals surface area contributed by atoms with E-state index in [-0.39, 0.29) is 30.2 Å². The zero-order valence-electron chi connectivity index (χ0n) is 16.3. The maximum atomic E-state index is 12.5. The summed E-state index contributed by atoms with van der Waals surface area (Å²) < 4.78 is 28.4. The second-order valence-corrected chi connectivity index (χ2v) is 8.65. The van der Waals surface area contributed by atoms with E-state index in [0.29, 0.717) is 42.8 Å². The highest BCUT2D eigenvalue weighted by atomic mass is 16.7. The SMILES string of the molecule is C=C(C)[C@H]1CC[C@@]23O[C@@H]2[C@@H](C[C@]2(C)O[C@H]2c2cc(C(=O)OC)c(o2)C1)OC3=O. The molecule has 1 aromatic rings. The molecule has 28 heavy (non-hydrogen) atoms. The minimum Gasteiger partial charge on any atom is -0.465 e. The number of fused-ring (bicyclic) bond motifs is 4. The maximum absolute atomic E-state index is 12.5. The molecule has 0 radical (unpaired) electrons. The molecular formula is C21H24O7. The molecule has 7 heteroatoms. The summed E-state index contributed by atoms with van der Waals surface area (Å²) in [5, 5.41) is 0. The Morgan fingerprint density at radius 3 is 2.82 bits per heavy atom. The van der Waals surface area contributed by atoms with E-state index in [1.807, 2.05) is 13.8 Å². The van der Waals surface area contributed by atoms with E-state index in [1.165, 1.54) is 7.11 Å². The molecule has 3 fully saturated rings. The van der Waals surface area contributed by atoms with Crippen molar-refractivity contribution in [2.75, 3.05) is 7.11 Å². The van der Waals surface area contributed by atoms with Crippen LogP contribution in [0.2, 0.25) is 0 Å². The third-order valence-electron chi connectivity index (χ3n) is 6.66. The summed E-state index contributed by atoms with van der Waals surface area (Å²) in [6.45, 7) is 8.01. The van der Waals surface area contributed by atoms with Crippen LogP contribution in [0.25, 0.3) is 0 Å². The van der Waals surface area contributed by atoms with Crippen LogP contribution >= 0.6 is 0 Å². The van der Waals surface area contributed by atoms with Crippen LogP contribution in [-0.4, -0.2) is 42.5 Å². The van der Waals surface area contributed by atoms with Gasteiger partial charge in [0.15, 0.2) is 5.60 Å². The standard InChI is InChI=1S/C21H24O7/c1-10(2)11-5-6-21-17(28-21)15(26-19(21)23)9-20(3)16(27-20)14-8-12(18(22)24-4)13(7-11)25-14/h8,11,15-17H,1,5-7,9H2,2-4H3/t11-,15+,16-,17+,20-,21+/m0/s1. The Hall–Kier alpha value is -2.12. The van der Waals surface area contributed by atoms with Crippen LogP contribution in [-0.2, 0) is 30.2 Å². The van der Waals surface area contributed by atoms with Gasteiger partial charge in [0, 0.05) is 12.8 Å². The van der Waals surface area contributed by atoms with Gasteiger partial charge in [0.25, 0.3) is 0 Å². The number of methoxy groups -OCH3 is 1. The van der Waals surface area contributed by atoms with Gasteiger partial charge in [-0.2, -0.15) is 0 Å². The molecule has 150 valence electrons. The summed E-state index contributed by atoms with van der Waals surface area (Å²) in [6.07, 6.45) is 1.48. The molecule has 1 aromatic heterocycles. The van der Waals surface area contributed by atoms with E-state index in [4.69, 9.17) is 23.4 Å². The van der Waals surface area contributed by atoms with Crippen LogP contribution in [0.3, 0.4) is 0 Å². The number of epoxide rings is 2. The second kappa shape index (κ2) is 5.70. The van der Waals surface area contributed by atoms with Crippen LogP contribution in [0.15, 0.2) is 22.6 Å². The number of carbonyl (C=O) groups excluding carboxylic acids is 2. The molecule has 4 bridgehead atoms. The summed E-state index contributed by atoms with van der Waals surface area (Å²) in [5.41, 5.74) is 0.0451. The van der Waals surface area contributed by atoms with E-state index in [9.17, 15) is 9.59 Å². The molecule has 0 unspecified atom stereocenters. The molecule has 0 aromatic carbocycles. The number of carbonyl (C=O) groups is 2. The van der Waals surface area contributed by atoms with Gasteiger partial charge in [-0.25, -0.2) is 9.59 Å². The summed E-state index contributed by atoms with van der Waals surface area (Å²) in [4.78, 5) is 24.8. The van der Waals surface area contributed by atoms with Crippen LogP contribution in [0.4, 0.5) is 0 Å². The first kappa shape index (κ1) is 17.9. The van der Waals surface area contributed by atoms with Crippen molar-refractivity contribution in [3.63, 3.8) is 0 Å². The zero-order valence-corrected chi connectivity index (χ0v) is 16.3. The Balaban J connectivity index is 1.53. The molecule has 3 saturated heterocycles. The summed E-state index contributed by atoms with van der Waals surface area (Å²) in [7, 11) is 1.36.